The zero-order chi connectivity index (χ0) is 62.4. The van der Waals surface area contributed by atoms with Gasteiger partial charge in [0.15, 0.2) is 12.2 Å². The van der Waals surface area contributed by atoms with Gasteiger partial charge in [0.05, 0.1) is 26.4 Å². The first-order valence-corrected chi connectivity index (χ1v) is 36.8. The van der Waals surface area contributed by atoms with Crippen LogP contribution < -0.4 is 0 Å². The molecule has 0 aliphatic carbocycles. The Labute approximate surface area is 511 Å². The number of aliphatic hydroxyl groups excluding tert-OH is 1. The summed E-state index contributed by atoms with van der Waals surface area (Å²) in [7, 11) is -9.89. The molecule has 2 unspecified atom stereocenters. The molecule has 0 amide bonds. The molecule has 0 radical (unpaired) electrons. The Balaban J connectivity index is 5.23. The van der Waals surface area contributed by atoms with Crippen molar-refractivity contribution >= 4 is 39.5 Å². The van der Waals surface area contributed by atoms with Gasteiger partial charge in [-0.05, 0) is 43.4 Å². The van der Waals surface area contributed by atoms with Crippen LogP contribution in [-0.2, 0) is 65.4 Å². The number of phosphoric ester groups is 2. The van der Waals surface area contributed by atoms with Crippen LogP contribution in [0, 0.1) is 17.8 Å². The van der Waals surface area contributed by atoms with E-state index in [0.29, 0.717) is 37.5 Å². The van der Waals surface area contributed by atoms with Gasteiger partial charge >= 0.3 is 39.5 Å². The second kappa shape index (κ2) is 56.3. The Morgan fingerprint density at radius 1 is 0.321 bits per heavy atom. The van der Waals surface area contributed by atoms with Crippen LogP contribution >= 0.6 is 15.6 Å². The normalized spacial score (nSPS) is 14.3. The first kappa shape index (κ1) is 82.1. The Morgan fingerprint density at radius 3 is 0.810 bits per heavy atom. The molecule has 498 valence electrons. The molecule has 0 saturated carbocycles. The van der Waals surface area contributed by atoms with Crippen LogP contribution in [0.3, 0.4) is 0 Å². The highest BCUT2D eigenvalue weighted by molar-refractivity contribution is 7.47. The monoisotopic (exact) mass is 1240 g/mol. The largest absolute Gasteiger partial charge is 0.472 e. The van der Waals surface area contributed by atoms with Crippen molar-refractivity contribution in [2.75, 3.05) is 39.6 Å². The maximum Gasteiger partial charge on any atom is 0.472 e. The lowest BCUT2D eigenvalue weighted by Crippen LogP contribution is -2.30. The van der Waals surface area contributed by atoms with Gasteiger partial charge in [-0.15, -0.1) is 0 Å². The van der Waals surface area contributed by atoms with Gasteiger partial charge in [0, 0.05) is 25.7 Å². The summed E-state index contributed by atoms with van der Waals surface area (Å²) in [5.41, 5.74) is 0. The molecule has 3 N–H and O–H groups in total. The Bertz CT molecular complexity index is 1660. The molecule has 0 aliphatic rings. The van der Waals surface area contributed by atoms with Gasteiger partial charge in [0.25, 0.3) is 0 Å². The van der Waals surface area contributed by atoms with Crippen LogP contribution in [0.2, 0.25) is 0 Å². The van der Waals surface area contributed by atoms with Crippen LogP contribution in [0.15, 0.2) is 0 Å². The van der Waals surface area contributed by atoms with Crippen molar-refractivity contribution in [3.05, 3.63) is 0 Å². The minimum absolute atomic E-state index is 0.103. The number of phosphoric acid groups is 2. The van der Waals surface area contributed by atoms with E-state index in [1.54, 1.807) is 0 Å². The maximum absolute atomic E-state index is 13.0. The summed E-state index contributed by atoms with van der Waals surface area (Å²) in [5, 5.41) is 10.5. The van der Waals surface area contributed by atoms with Crippen LogP contribution in [0.25, 0.3) is 0 Å². The van der Waals surface area contributed by atoms with Gasteiger partial charge in [-0.2, -0.15) is 0 Å². The number of aliphatic hydroxyl groups is 1. The minimum Gasteiger partial charge on any atom is -0.462 e. The Hall–Kier alpha value is -1.94. The third-order valence-electron chi connectivity index (χ3n) is 14.9. The van der Waals surface area contributed by atoms with Crippen LogP contribution in [-0.4, -0.2) is 96.7 Å². The van der Waals surface area contributed by atoms with Gasteiger partial charge in [0.2, 0.25) is 0 Å². The maximum atomic E-state index is 13.0. The molecule has 5 atom stereocenters. The molecule has 0 aromatic carbocycles. The number of rotatable bonds is 63. The smallest absolute Gasteiger partial charge is 0.462 e. The summed E-state index contributed by atoms with van der Waals surface area (Å²) in [6.45, 7) is 11.7. The molecule has 0 aliphatic heterocycles. The van der Waals surface area contributed by atoms with E-state index in [0.717, 1.165) is 102 Å². The summed E-state index contributed by atoms with van der Waals surface area (Å²) in [6, 6.07) is 0. The lowest BCUT2D eigenvalue weighted by atomic mass is 10.0. The Morgan fingerprint density at radius 2 is 0.548 bits per heavy atom. The van der Waals surface area contributed by atoms with Crippen LogP contribution in [0.1, 0.15) is 318 Å². The average molecular weight is 1240 g/mol. The lowest BCUT2D eigenvalue weighted by molar-refractivity contribution is -0.161. The number of ether oxygens (including phenoxy) is 4. The number of esters is 4. The van der Waals surface area contributed by atoms with Crippen molar-refractivity contribution in [2.24, 2.45) is 17.8 Å². The quantitative estimate of drug-likeness (QED) is 0.0222. The summed E-state index contributed by atoms with van der Waals surface area (Å²) >= 11 is 0. The lowest BCUT2D eigenvalue weighted by Gasteiger charge is -2.21. The Kier molecular flexibility index (Phi) is 55.0. The molecule has 0 aromatic heterocycles. The predicted octanol–water partition coefficient (Wildman–Crippen LogP) is 17.9. The van der Waals surface area contributed by atoms with Gasteiger partial charge < -0.3 is 33.8 Å². The second-order valence-electron chi connectivity index (χ2n) is 24.9. The fourth-order valence-corrected chi connectivity index (χ4v) is 11.2. The van der Waals surface area contributed by atoms with E-state index in [2.05, 4.69) is 48.5 Å². The van der Waals surface area contributed by atoms with Gasteiger partial charge in [-0.1, -0.05) is 267 Å². The molecule has 0 rings (SSSR count). The van der Waals surface area contributed by atoms with Crippen molar-refractivity contribution in [1.82, 2.24) is 0 Å². The summed E-state index contributed by atoms with van der Waals surface area (Å²) in [4.78, 5) is 72.2. The number of hydrogen-bond donors (Lipinski definition) is 3. The third kappa shape index (κ3) is 59.0. The zero-order valence-corrected chi connectivity index (χ0v) is 56.1. The van der Waals surface area contributed by atoms with Gasteiger partial charge in [0.1, 0.15) is 19.3 Å². The number of carbonyl (C=O) groups excluding carboxylic acids is 4. The number of carbonyl (C=O) groups is 4. The van der Waals surface area contributed by atoms with E-state index in [1.165, 1.54) is 122 Å². The molecule has 17 nitrogen and oxygen atoms in total. The SMILES string of the molecule is CCCCCCCCCCCC(=O)OC[C@H](COP(=O)(O)OC[C@H](O)COP(=O)(O)OC[C@@H](COC(=O)CCCCCCCCCC(C)C)OC(=O)CCCCCCCCCCCCCCC(C)C)OC(=O)CCCCCCCCCC(C)C. The van der Waals surface area contributed by atoms with Crippen LogP contribution in [0.4, 0.5) is 0 Å². The molecule has 84 heavy (non-hydrogen) atoms. The highest BCUT2D eigenvalue weighted by Crippen LogP contribution is 2.45. The topological polar surface area (TPSA) is 237 Å². The van der Waals surface area contributed by atoms with Crippen molar-refractivity contribution in [2.45, 2.75) is 336 Å². The van der Waals surface area contributed by atoms with E-state index >= 15 is 0 Å². The van der Waals surface area contributed by atoms with E-state index < -0.39 is 97.5 Å². The number of hydrogen-bond acceptors (Lipinski definition) is 15. The van der Waals surface area contributed by atoms with Gasteiger partial charge in [-0.25, -0.2) is 9.13 Å². The first-order valence-electron chi connectivity index (χ1n) is 33.8. The molecule has 0 bridgehead atoms. The van der Waals surface area contributed by atoms with Gasteiger partial charge in [-0.3, -0.25) is 37.3 Å². The van der Waals surface area contributed by atoms with E-state index in [4.69, 9.17) is 37.0 Å². The third-order valence-corrected chi connectivity index (χ3v) is 16.8. The van der Waals surface area contributed by atoms with Crippen molar-refractivity contribution in [3.8, 4) is 0 Å². The molecular formula is C65H126O17P2. The molecule has 0 spiro atoms. The van der Waals surface area contributed by atoms with E-state index in [1.807, 2.05) is 0 Å². The first-order chi connectivity index (χ1) is 40.2. The number of unbranched alkanes of at least 4 members (excludes halogenated alkanes) is 31. The highest BCUT2D eigenvalue weighted by atomic mass is 31.2. The molecule has 0 aromatic rings. The van der Waals surface area contributed by atoms with Crippen LogP contribution in [0.5, 0.6) is 0 Å². The predicted molar refractivity (Wildman–Crippen MR) is 335 cm³/mol. The van der Waals surface area contributed by atoms with Crippen molar-refractivity contribution in [1.29, 1.82) is 0 Å². The molecule has 19 heteroatoms. The van der Waals surface area contributed by atoms with E-state index in [9.17, 15) is 43.2 Å². The summed E-state index contributed by atoms with van der Waals surface area (Å²) < 4.78 is 68.0. The summed E-state index contributed by atoms with van der Waals surface area (Å²) in [6.07, 6.45) is 37.7. The minimum atomic E-state index is -4.95. The molecule has 0 heterocycles. The van der Waals surface area contributed by atoms with Crippen molar-refractivity contribution in [3.63, 3.8) is 0 Å². The fraction of sp³-hybridized carbons (Fsp3) is 0.938. The fourth-order valence-electron chi connectivity index (χ4n) is 9.66. The zero-order valence-electron chi connectivity index (χ0n) is 54.4. The highest BCUT2D eigenvalue weighted by Gasteiger charge is 2.30. The second-order valence-corrected chi connectivity index (χ2v) is 27.8. The molecular weight excluding hydrogens is 1110 g/mol. The average Bonchev–Trinajstić information content (AvgIpc) is 3.47. The van der Waals surface area contributed by atoms with E-state index in [-0.39, 0.29) is 25.7 Å². The standard InChI is InChI=1S/C65H126O17P2/c1-8-9-10-11-12-17-25-32-39-46-62(67)75-52-61(82-65(70)49-42-35-28-21-24-31-38-45-58(6)7)55-80-84(73,74)78-51-59(66)50-77-83(71,72)79-54-60(53-76-63(68)47-40-33-27-20-23-30-37-44-57(4)5)81-64(69)48-41-34-26-19-16-14-13-15-18-22-29-36-43-56(2)3/h56-61,66H,8-55H2,1-7H3,(H,71,72)(H,73,74)/t59-,60-,61-/m1/s1. The molecule has 0 fully saturated rings. The molecule has 0 saturated heterocycles. The van der Waals surface area contributed by atoms with Crippen molar-refractivity contribution < 1.29 is 80.2 Å². The summed E-state index contributed by atoms with van der Waals surface area (Å²) in [5.74, 6) is 0.0401.